The van der Waals surface area contributed by atoms with Crippen molar-refractivity contribution in [3.63, 3.8) is 0 Å². The second kappa shape index (κ2) is 7.06. The molecule has 0 bridgehead atoms. The first-order valence-electron chi connectivity index (χ1n) is 9.66. The fraction of sp³-hybridized carbons (Fsp3) is 0.600. The highest BCUT2D eigenvalue weighted by Gasteiger charge is 2.32. The van der Waals surface area contributed by atoms with Gasteiger partial charge in [0.15, 0.2) is 0 Å². The Morgan fingerprint density at radius 1 is 0.920 bits per heavy atom. The van der Waals surface area contributed by atoms with E-state index in [0.717, 1.165) is 76.0 Å². The van der Waals surface area contributed by atoms with Gasteiger partial charge in [0.05, 0.1) is 5.56 Å². The third-order valence-electron chi connectivity index (χ3n) is 5.66. The Labute approximate surface area is 149 Å². The van der Waals surface area contributed by atoms with Crippen LogP contribution in [0.3, 0.4) is 0 Å². The lowest BCUT2D eigenvalue weighted by atomic mass is 10.0. The summed E-state index contributed by atoms with van der Waals surface area (Å²) in [7, 11) is 0. The zero-order chi connectivity index (χ0) is 17.2. The molecule has 134 valence electrons. The molecule has 3 aliphatic rings. The van der Waals surface area contributed by atoms with E-state index in [0.29, 0.717) is 0 Å². The molecule has 1 aromatic carbocycles. The largest absolute Gasteiger partial charge is 0.371 e. The van der Waals surface area contributed by atoms with Crippen LogP contribution in [0.2, 0.25) is 0 Å². The summed E-state index contributed by atoms with van der Waals surface area (Å²) in [5.41, 5.74) is 1.87. The lowest BCUT2D eigenvalue weighted by Gasteiger charge is -2.35. The Morgan fingerprint density at radius 3 is 2.28 bits per heavy atom. The summed E-state index contributed by atoms with van der Waals surface area (Å²) < 4.78 is 0. The monoisotopic (exact) mass is 341 g/mol. The Hall–Kier alpha value is -2.04. The maximum absolute atomic E-state index is 12.8. The highest BCUT2D eigenvalue weighted by atomic mass is 16.2. The minimum Gasteiger partial charge on any atom is -0.371 e. The van der Waals surface area contributed by atoms with Crippen LogP contribution >= 0.6 is 0 Å². The number of anilines is 1. The van der Waals surface area contributed by atoms with Gasteiger partial charge < -0.3 is 15.1 Å². The van der Waals surface area contributed by atoms with E-state index >= 15 is 0 Å². The van der Waals surface area contributed by atoms with E-state index in [2.05, 4.69) is 16.3 Å². The van der Waals surface area contributed by atoms with Gasteiger partial charge in [0.25, 0.3) is 5.91 Å². The number of carbonyl (C=O) groups excluding carboxylic acids is 2. The first-order chi connectivity index (χ1) is 12.2. The maximum Gasteiger partial charge on any atom is 0.255 e. The molecule has 1 N–H and O–H groups in total. The standard InChI is InChI=1S/C20H27N3O2/c24-19(15-7-8-15)21-16-9-13-22(14-10-16)18-6-2-1-5-17(18)20(25)23-11-3-4-12-23/h1-2,5-6,15-16H,3-4,7-14H2,(H,21,24). The smallest absolute Gasteiger partial charge is 0.255 e. The molecule has 1 aliphatic carbocycles. The van der Waals surface area contributed by atoms with E-state index in [1.54, 1.807) is 0 Å². The van der Waals surface area contributed by atoms with E-state index < -0.39 is 0 Å². The van der Waals surface area contributed by atoms with Crippen LogP contribution < -0.4 is 10.2 Å². The van der Waals surface area contributed by atoms with Crippen molar-refractivity contribution in [1.29, 1.82) is 0 Å². The van der Waals surface area contributed by atoms with Gasteiger partial charge in [-0.2, -0.15) is 0 Å². The minimum absolute atomic E-state index is 0.164. The highest BCUT2D eigenvalue weighted by Crippen LogP contribution is 2.30. The number of piperidine rings is 1. The van der Waals surface area contributed by atoms with Crippen molar-refractivity contribution in [1.82, 2.24) is 10.2 Å². The number of hydrogen-bond acceptors (Lipinski definition) is 3. The van der Waals surface area contributed by atoms with Gasteiger partial charge in [-0.3, -0.25) is 9.59 Å². The van der Waals surface area contributed by atoms with Crippen molar-refractivity contribution in [2.45, 2.75) is 44.6 Å². The van der Waals surface area contributed by atoms with Gasteiger partial charge >= 0.3 is 0 Å². The molecule has 0 radical (unpaired) electrons. The Morgan fingerprint density at radius 2 is 1.60 bits per heavy atom. The highest BCUT2D eigenvalue weighted by molar-refractivity contribution is 6.00. The number of amides is 2. The molecule has 2 saturated heterocycles. The first kappa shape index (κ1) is 16.4. The molecule has 0 atom stereocenters. The van der Waals surface area contributed by atoms with Gasteiger partial charge in [0, 0.05) is 43.8 Å². The lowest BCUT2D eigenvalue weighted by molar-refractivity contribution is -0.123. The van der Waals surface area contributed by atoms with Crippen LogP contribution in [0.4, 0.5) is 5.69 Å². The number of likely N-dealkylation sites (tertiary alicyclic amines) is 1. The number of nitrogens with one attached hydrogen (secondary N) is 1. The number of benzene rings is 1. The molecule has 4 rings (SSSR count). The zero-order valence-corrected chi connectivity index (χ0v) is 14.7. The number of carbonyl (C=O) groups is 2. The molecule has 0 aromatic heterocycles. The van der Waals surface area contributed by atoms with Gasteiger partial charge in [-0.05, 0) is 50.7 Å². The number of rotatable bonds is 4. The van der Waals surface area contributed by atoms with Crippen LogP contribution in [0.1, 0.15) is 48.9 Å². The third kappa shape index (κ3) is 3.65. The Balaban J connectivity index is 1.40. The molecule has 1 aromatic rings. The maximum atomic E-state index is 12.8. The summed E-state index contributed by atoms with van der Waals surface area (Å²) in [6, 6.07) is 8.27. The molecule has 2 heterocycles. The summed E-state index contributed by atoms with van der Waals surface area (Å²) in [5, 5.41) is 3.19. The molecule has 25 heavy (non-hydrogen) atoms. The fourth-order valence-corrected chi connectivity index (χ4v) is 3.95. The molecule has 0 spiro atoms. The van der Waals surface area contributed by atoms with Gasteiger partial charge in [-0.1, -0.05) is 12.1 Å². The van der Waals surface area contributed by atoms with E-state index in [-0.39, 0.29) is 23.8 Å². The van der Waals surface area contributed by atoms with Crippen LogP contribution in [0, 0.1) is 5.92 Å². The molecule has 5 nitrogen and oxygen atoms in total. The van der Waals surface area contributed by atoms with Crippen molar-refractivity contribution in [2.75, 3.05) is 31.1 Å². The molecule has 1 saturated carbocycles. The minimum atomic E-state index is 0.164. The van der Waals surface area contributed by atoms with Crippen LogP contribution in [-0.4, -0.2) is 48.9 Å². The molecular formula is C20H27N3O2. The number of hydrogen-bond donors (Lipinski definition) is 1. The molecular weight excluding hydrogens is 314 g/mol. The van der Waals surface area contributed by atoms with E-state index in [9.17, 15) is 9.59 Å². The van der Waals surface area contributed by atoms with Crippen molar-refractivity contribution < 1.29 is 9.59 Å². The third-order valence-corrected chi connectivity index (χ3v) is 5.66. The van der Waals surface area contributed by atoms with Crippen molar-refractivity contribution >= 4 is 17.5 Å². The predicted molar refractivity (Wildman–Crippen MR) is 97.7 cm³/mol. The van der Waals surface area contributed by atoms with E-state index in [1.165, 1.54) is 0 Å². The van der Waals surface area contributed by atoms with Crippen molar-refractivity contribution in [3.8, 4) is 0 Å². The number of para-hydroxylation sites is 1. The fourth-order valence-electron chi connectivity index (χ4n) is 3.95. The summed E-state index contributed by atoms with van der Waals surface area (Å²) in [5.74, 6) is 0.678. The second-order valence-electron chi connectivity index (χ2n) is 7.56. The van der Waals surface area contributed by atoms with Crippen LogP contribution in [0.15, 0.2) is 24.3 Å². The number of nitrogens with zero attached hydrogens (tertiary/aromatic N) is 2. The van der Waals surface area contributed by atoms with Crippen LogP contribution in [0.5, 0.6) is 0 Å². The van der Waals surface area contributed by atoms with Crippen molar-refractivity contribution in [3.05, 3.63) is 29.8 Å². The van der Waals surface area contributed by atoms with Crippen LogP contribution in [0.25, 0.3) is 0 Å². The summed E-state index contributed by atoms with van der Waals surface area (Å²) in [4.78, 5) is 29.1. The molecule has 3 fully saturated rings. The average Bonchev–Trinajstić information content (AvgIpc) is 3.37. The predicted octanol–water partition coefficient (Wildman–Crippen LogP) is 2.42. The lowest BCUT2D eigenvalue weighted by Crippen LogP contribution is -2.45. The molecule has 0 unspecified atom stereocenters. The SMILES string of the molecule is O=C(NC1CCN(c2ccccc2C(=O)N2CCCC2)CC1)C1CC1. The quantitative estimate of drug-likeness (QED) is 0.915. The van der Waals surface area contributed by atoms with Gasteiger partial charge in [-0.15, -0.1) is 0 Å². The van der Waals surface area contributed by atoms with Gasteiger partial charge in [0.2, 0.25) is 5.91 Å². The second-order valence-corrected chi connectivity index (χ2v) is 7.56. The topological polar surface area (TPSA) is 52.7 Å². The Kier molecular flexibility index (Phi) is 4.64. The first-order valence-corrected chi connectivity index (χ1v) is 9.66. The van der Waals surface area contributed by atoms with Crippen LogP contribution in [-0.2, 0) is 4.79 Å². The normalized spacial score (nSPS) is 21.4. The van der Waals surface area contributed by atoms with E-state index in [1.807, 2.05) is 23.1 Å². The van der Waals surface area contributed by atoms with E-state index in [4.69, 9.17) is 0 Å². The van der Waals surface area contributed by atoms with Crippen molar-refractivity contribution in [2.24, 2.45) is 5.92 Å². The molecule has 2 aliphatic heterocycles. The summed E-state index contributed by atoms with van der Waals surface area (Å²) in [6.45, 7) is 3.53. The van der Waals surface area contributed by atoms with Gasteiger partial charge in [0.1, 0.15) is 0 Å². The molecule has 5 heteroatoms. The average molecular weight is 341 g/mol. The molecule has 2 amide bonds. The summed E-state index contributed by atoms with van der Waals surface area (Å²) in [6.07, 6.45) is 6.22. The van der Waals surface area contributed by atoms with Gasteiger partial charge in [-0.25, -0.2) is 0 Å². The summed E-state index contributed by atoms with van der Waals surface area (Å²) >= 11 is 0. The Bertz CT molecular complexity index is 642. The zero-order valence-electron chi connectivity index (χ0n) is 14.7.